The van der Waals surface area contributed by atoms with E-state index in [4.69, 9.17) is 0 Å². The van der Waals surface area contributed by atoms with E-state index in [2.05, 4.69) is 30.7 Å². The number of nitrogens with one attached hydrogen (secondary N) is 2. The first-order valence-electron chi connectivity index (χ1n) is 10.0. The van der Waals surface area contributed by atoms with Gasteiger partial charge >= 0.3 is 0 Å². The molecule has 4 aromatic rings. The van der Waals surface area contributed by atoms with Crippen molar-refractivity contribution in [3.63, 3.8) is 0 Å². The molecule has 2 heterocycles. The van der Waals surface area contributed by atoms with E-state index in [-0.39, 0.29) is 24.8 Å². The van der Waals surface area contributed by atoms with Crippen LogP contribution >= 0.6 is 0 Å². The number of amides is 2. The molecule has 0 aliphatic rings. The molecule has 32 heavy (non-hydrogen) atoms. The standard InChI is InChI=1S/C23H22N6O3/c1-15-5-3-6-17(9-15)10-22(30)26-19-12-25-29(14-19)20-8-4-7-18(11-20)23(31)24-13-21-16(2)27-32-28-21/h3-9,11-12,14H,10,13H2,1-2H3,(H,24,31)(H,26,30). The van der Waals surface area contributed by atoms with Crippen LogP contribution in [0, 0.1) is 13.8 Å². The minimum atomic E-state index is -0.256. The molecule has 0 aliphatic heterocycles. The largest absolute Gasteiger partial charge is 0.346 e. The van der Waals surface area contributed by atoms with Crippen molar-refractivity contribution in [3.8, 4) is 5.69 Å². The molecule has 0 spiro atoms. The maximum Gasteiger partial charge on any atom is 0.251 e. The van der Waals surface area contributed by atoms with E-state index in [1.54, 1.807) is 42.2 Å². The molecule has 0 fully saturated rings. The first-order chi connectivity index (χ1) is 15.5. The average Bonchev–Trinajstić information content (AvgIpc) is 3.41. The summed E-state index contributed by atoms with van der Waals surface area (Å²) in [5, 5.41) is 17.4. The number of aromatic nitrogens is 4. The fourth-order valence-electron chi connectivity index (χ4n) is 3.21. The van der Waals surface area contributed by atoms with Crippen LogP contribution in [0.4, 0.5) is 5.69 Å². The van der Waals surface area contributed by atoms with Gasteiger partial charge in [0.25, 0.3) is 5.91 Å². The van der Waals surface area contributed by atoms with Gasteiger partial charge in [0.05, 0.1) is 36.7 Å². The third-order valence-corrected chi connectivity index (χ3v) is 4.85. The smallest absolute Gasteiger partial charge is 0.251 e. The van der Waals surface area contributed by atoms with Crippen LogP contribution in [0.3, 0.4) is 0 Å². The van der Waals surface area contributed by atoms with Gasteiger partial charge in [0.2, 0.25) is 5.91 Å². The van der Waals surface area contributed by atoms with Gasteiger partial charge in [0.15, 0.2) is 0 Å². The maximum atomic E-state index is 12.5. The van der Waals surface area contributed by atoms with Crippen LogP contribution < -0.4 is 10.6 Å². The highest BCUT2D eigenvalue weighted by Gasteiger charge is 2.11. The van der Waals surface area contributed by atoms with Crippen molar-refractivity contribution in [1.82, 2.24) is 25.4 Å². The third kappa shape index (κ3) is 5.07. The Kier molecular flexibility index (Phi) is 6.07. The monoisotopic (exact) mass is 430 g/mol. The lowest BCUT2D eigenvalue weighted by Gasteiger charge is -2.06. The number of carbonyl (C=O) groups excluding carboxylic acids is 2. The number of benzene rings is 2. The van der Waals surface area contributed by atoms with Gasteiger partial charge in [-0.05, 0) is 37.6 Å². The van der Waals surface area contributed by atoms with Crippen LogP contribution in [0.5, 0.6) is 0 Å². The Labute approximate surface area is 184 Å². The Morgan fingerprint density at radius 1 is 1.06 bits per heavy atom. The van der Waals surface area contributed by atoms with Gasteiger partial charge in [-0.15, -0.1) is 0 Å². The van der Waals surface area contributed by atoms with E-state index in [9.17, 15) is 9.59 Å². The van der Waals surface area contributed by atoms with Crippen LogP contribution in [0.25, 0.3) is 5.69 Å². The van der Waals surface area contributed by atoms with E-state index >= 15 is 0 Å². The predicted molar refractivity (Wildman–Crippen MR) is 117 cm³/mol. The summed E-state index contributed by atoms with van der Waals surface area (Å²) in [6.07, 6.45) is 3.56. The SMILES string of the molecule is Cc1cccc(CC(=O)Nc2cnn(-c3cccc(C(=O)NCc4nonc4C)c3)c2)c1. The normalized spacial score (nSPS) is 10.7. The third-order valence-electron chi connectivity index (χ3n) is 4.85. The average molecular weight is 430 g/mol. The van der Waals surface area contributed by atoms with Crippen molar-refractivity contribution < 1.29 is 14.2 Å². The van der Waals surface area contributed by atoms with E-state index in [0.29, 0.717) is 28.3 Å². The van der Waals surface area contributed by atoms with Crippen LogP contribution in [-0.4, -0.2) is 31.9 Å². The summed E-state index contributed by atoms with van der Waals surface area (Å²) in [5.74, 6) is -0.381. The Bertz CT molecular complexity index is 1260. The summed E-state index contributed by atoms with van der Waals surface area (Å²) >= 11 is 0. The first-order valence-corrected chi connectivity index (χ1v) is 10.0. The highest BCUT2D eigenvalue weighted by molar-refractivity contribution is 5.94. The molecule has 0 radical (unpaired) electrons. The zero-order valence-corrected chi connectivity index (χ0v) is 17.7. The summed E-state index contributed by atoms with van der Waals surface area (Å²) in [7, 11) is 0. The molecule has 0 atom stereocenters. The number of aryl methyl sites for hydroxylation is 2. The lowest BCUT2D eigenvalue weighted by Crippen LogP contribution is -2.23. The zero-order chi connectivity index (χ0) is 22.5. The molecule has 2 amide bonds. The second kappa shape index (κ2) is 9.25. The molecule has 2 aromatic carbocycles. The van der Waals surface area contributed by atoms with Gasteiger partial charge in [-0.3, -0.25) is 9.59 Å². The van der Waals surface area contributed by atoms with Crippen LogP contribution in [-0.2, 0) is 17.8 Å². The number of rotatable bonds is 7. The van der Waals surface area contributed by atoms with Crippen molar-refractivity contribution >= 4 is 17.5 Å². The molecule has 162 valence electrons. The molecule has 2 N–H and O–H groups in total. The molecule has 4 rings (SSSR count). The summed E-state index contributed by atoms with van der Waals surface area (Å²) in [5.41, 5.74) is 5.00. The molecule has 9 nitrogen and oxygen atoms in total. The lowest BCUT2D eigenvalue weighted by molar-refractivity contribution is -0.115. The van der Waals surface area contributed by atoms with Crippen molar-refractivity contribution in [2.24, 2.45) is 0 Å². The Morgan fingerprint density at radius 3 is 2.69 bits per heavy atom. The molecule has 0 saturated heterocycles. The molecular weight excluding hydrogens is 408 g/mol. The van der Waals surface area contributed by atoms with Gasteiger partial charge in [-0.1, -0.05) is 46.2 Å². The van der Waals surface area contributed by atoms with E-state index in [1.165, 1.54) is 0 Å². The topological polar surface area (TPSA) is 115 Å². The Morgan fingerprint density at radius 2 is 1.91 bits per heavy atom. The summed E-state index contributed by atoms with van der Waals surface area (Å²) in [4.78, 5) is 24.9. The van der Waals surface area contributed by atoms with Crippen molar-refractivity contribution in [2.75, 3.05) is 5.32 Å². The Balaban J connectivity index is 1.39. The van der Waals surface area contributed by atoms with Gasteiger partial charge in [-0.2, -0.15) is 5.10 Å². The quantitative estimate of drug-likeness (QED) is 0.466. The second-order valence-electron chi connectivity index (χ2n) is 7.42. The van der Waals surface area contributed by atoms with E-state index in [1.807, 2.05) is 37.3 Å². The lowest BCUT2D eigenvalue weighted by atomic mass is 10.1. The van der Waals surface area contributed by atoms with Gasteiger partial charge < -0.3 is 10.6 Å². The van der Waals surface area contributed by atoms with Crippen molar-refractivity contribution in [1.29, 1.82) is 0 Å². The highest BCUT2D eigenvalue weighted by Crippen LogP contribution is 2.15. The molecule has 9 heteroatoms. The fraction of sp³-hybridized carbons (Fsp3) is 0.174. The number of hydrogen-bond acceptors (Lipinski definition) is 6. The molecule has 0 aliphatic carbocycles. The molecule has 0 unspecified atom stereocenters. The van der Waals surface area contributed by atoms with Crippen LogP contribution in [0.1, 0.15) is 32.9 Å². The van der Waals surface area contributed by atoms with Crippen LogP contribution in [0.15, 0.2) is 65.6 Å². The highest BCUT2D eigenvalue weighted by atomic mass is 16.6. The minimum absolute atomic E-state index is 0.124. The summed E-state index contributed by atoms with van der Waals surface area (Å²) in [6, 6.07) is 14.9. The first kappa shape index (κ1) is 21.0. The minimum Gasteiger partial charge on any atom is -0.346 e. The number of hydrogen-bond donors (Lipinski definition) is 2. The number of nitrogens with zero attached hydrogens (tertiary/aromatic N) is 4. The van der Waals surface area contributed by atoms with Crippen LogP contribution in [0.2, 0.25) is 0 Å². The molecular formula is C23H22N6O3. The number of anilines is 1. The summed E-state index contributed by atoms with van der Waals surface area (Å²) in [6.45, 7) is 3.97. The van der Waals surface area contributed by atoms with Crippen molar-refractivity contribution in [3.05, 3.63) is 89.0 Å². The maximum absolute atomic E-state index is 12.5. The molecule has 2 aromatic heterocycles. The van der Waals surface area contributed by atoms with E-state index in [0.717, 1.165) is 11.1 Å². The summed E-state index contributed by atoms with van der Waals surface area (Å²) < 4.78 is 6.24. The Hall–Kier alpha value is -4.27. The van der Waals surface area contributed by atoms with Gasteiger partial charge in [-0.25, -0.2) is 9.31 Å². The predicted octanol–water partition coefficient (Wildman–Crippen LogP) is 2.98. The van der Waals surface area contributed by atoms with E-state index < -0.39 is 0 Å². The zero-order valence-electron chi connectivity index (χ0n) is 17.7. The van der Waals surface area contributed by atoms with Gasteiger partial charge in [0.1, 0.15) is 11.4 Å². The number of carbonyl (C=O) groups is 2. The molecule has 0 bridgehead atoms. The van der Waals surface area contributed by atoms with Gasteiger partial charge in [0, 0.05) is 5.56 Å². The molecule has 0 saturated carbocycles. The fourth-order valence-corrected chi connectivity index (χ4v) is 3.21. The van der Waals surface area contributed by atoms with Crippen molar-refractivity contribution in [2.45, 2.75) is 26.8 Å². The second-order valence-corrected chi connectivity index (χ2v) is 7.42.